The molecule has 0 aliphatic heterocycles. The zero-order chi connectivity index (χ0) is 10.4. The Balaban J connectivity index is 2.43. The van der Waals surface area contributed by atoms with Gasteiger partial charge in [-0.15, -0.1) is 0 Å². The van der Waals surface area contributed by atoms with Gasteiger partial charge in [0.2, 0.25) is 0 Å². The Bertz CT molecular complexity index is 324. The Morgan fingerprint density at radius 3 is 3.07 bits per heavy atom. The van der Waals surface area contributed by atoms with E-state index in [0.29, 0.717) is 11.6 Å². The molecule has 0 amide bonds. The van der Waals surface area contributed by atoms with Crippen molar-refractivity contribution in [2.75, 3.05) is 6.54 Å². The van der Waals surface area contributed by atoms with E-state index in [1.54, 1.807) is 6.20 Å². The lowest BCUT2D eigenvalue weighted by Gasteiger charge is -2.05. The minimum absolute atomic E-state index is 0.590. The first kappa shape index (κ1) is 11.5. The molecule has 1 N–H and O–H groups in total. The summed E-state index contributed by atoms with van der Waals surface area (Å²) in [5, 5.41) is 3.79. The highest BCUT2D eigenvalue weighted by molar-refractivity contribution is 6.36. The molecule has 0 unspecified atom stereocenters. The first-order valence-corrected chi connectivity index (χ1v) is 5.10. The van der Waals surface area contributed by atoms with Crippen molar-refractivity contribution in [3.63, 3.8) is 0 Å². The number of nitrogens with zero attached hydrogens (tertiary/aromatic N) is 1. The van der Waals surface area contributed by atoms with Crippen molar-refractivity contribution in [1.82, 2.24) is 10.3 Å². The third-order valence-corrected chi connectivity index (χ3v) is 2.48. The van der Waals surface area contributed by atoms with E-state index in [-0.39, 0.29) is 0 Å². The molecule has 0 saturated carbocycles. The maximum absolute atomic E-state index is 5.73. The molecule has 0 aliphatic rings. The van der Waals surface area contributed by atoms with Gasteiger partial charge in [0.15, 0.2) is 0 Å². The van der Waals surface area contributed by atoms with E-state index in [4.69, 9.17) is 23.2 Å². The molecule has 1 aromatic heterocycles. The second-order valence-corrected chi connectivity index (χ2v) is 3.67. The topological polar surface area (TPSA) is 24.9 Å². The van der Waals surface area contributed by atoms with Gasteiger partial charge in [-0.2, -0.15) is 0 Å². The normalized spacial score (nSPS) is 11.8. The lowest BCUT2D eigenvalue weighted by atomic mass is 10.1. The van der Waals surface area contributed by atoms with Gasteiger partial charge in [-0.3, -0.25) is 4.98 Å². The molecule has 0 spiro atoms. The van der Waals surface area contributed by atoms with Gasteiger partial charge in [-0.05, 0) is 24.1 Å². The van der Waals surface area contributed by atoms with Gasteiger partial charge in [-0.25, -0.2) is 0 Å². The number of rotatable bonds is 4. The van der Waals surface area contributed by atoms with Crippen molar-refractivity contribution >= 4 is 23.2 Å². The second-order valence-electron chi connectivity index (χ2n) is 2.96. The van der Waals surface area contributed by atoms with E-state index >= 15 is 0 Å². The summed E-state index contributed by atoms with van der Waals surface area (Å²) < 4.78 is 0. The molecule has 76 valence electrons. The van der Waals surface area contributed by atoms with Gasteiger partial charge in [-0.1, -0.05) is 23.2 Å². The Hall–Kier alpha value is -0.570. The lowest BCUT2D eigenvalue weighted by molar-refractivity contribution is 0.749. The number of hydrogen-bond donors (Lipinski definition) is 1. The monoisotopic (exact) mass is 230 g/mol. The summed E-state index contributed by atoms with van der Waals surface area (Å²) in [6.45, 7) is 3.39. The number of aryl methyl sites for hydroxylation is 1. The van der Waals surface area contributed by atoms with Gasteiger partial charge >= 0.3 is 0 Å². The van der Waals surface area contributed by atoms with Gasteiger partial charge in [0, 0.05) is 36.1 Å². The SMILES string of the molecule is Cc1cnccc1CNC/C(Cl)=C/Cl. The van der Waals surface area contributed by atoms with Crippen molar-refractivity contribution in [2.24, 2.45) is 0 Å². The van der Waals surface area contributed by atoms with Crippen molar-refractivity contribution in [1.29, 1.82) is 0 Å². The van der Waals surface area contributed by atoms with Crippen LogP contribution in [0.15, 0.2) is 29.0 Å². The van der Waals surface area contributed by atoms with Crippen molar-refractivity contribution in [3.8, 4) is 0 Å². The molecule has 0 saturated heterocycles. The molecule has 0 bridgehead atoms. The maximum atomic E-state index is 5.73. The minimum Gasteiger partial charge on any atom is -0.308 e. The molecule has 1 rings (SSSR count). The van der Waals surface area contributed by atoms with Gasteiger partial charge in [0.1, 0.15) is 0 Å². The fourth-order valence-electron chi connectivity index (χ4n) is 1.06. The molecular weight excluding hydrogens is 219 g/mol. The van der Waals surface area contributed by atoms with E-state index in [2.05, 4.69) is 10.3 Å². The molecule has 1 heterocycles. The highest BCUT2D eigenvalue weighted by atomic mass is 35.5. The lowest BCUT2D eigenvalue weighted by Crippen LogP contribution is -2.15. The second kappa shape index (κ2) is 6.02. The molecule has 14 heavy (non-hydrogen) atoms. The van der Waals surface area contributed by atoms with Crippen molar-refractivity contribution < 1.29 is 0 Å². The molecular formula is C10H12Cl2N2. The predicted molar refractivity (Wildman–Crippen MR) is 60.5 cm³/mol. The van der Waals surface area contributed by atoms with E-state index in [0.717, 1.165) is 6.54 Å². The van der Waals surface area contributed by atoms with Crippen LogP contribution in [0.1, 0.15) is 11.1 Å². The first-order valence-electron chi connectivity index (χ1n) is 4.29. The number of halogens is 2. The fourth-order valence-corrected chi connectivity index (χ4v) is 1.23. The zero-order valence-corrected chi connectivity index (χ0v) is 9.44. The molecule has 0 fully saturated rings. The van der Waals surface area contributed by atoms with Crippen LogP contribution in [-0.2, 0) is 6.54 Å². The average Bonchev–Trinajstić information content (AvgIpc) is 2.20. The van der Waals surface area contributed by atoms with E-state index in [1.807, 2.05) is 19.2 Å². The van der Waals surface area contributed by atoms with Crippen LogP contribution in [0.4, 0.5) is 0 Å². The van der Waals surface area contributed by atoms with E-state index < -0.39 is 0 Å². The summed E-state index contributed by atoms with van der Waals surface area (Å²) in [4.78, 5) is 4.02. The highest BCUT2D eigenvalue weighted by Crippen LogP contribution is 2.05. The predicted octanol–water partition coefficient (Wildman–Crippen LogP) is 2.80. The smallest absolute Gasteiger partial charge is 0.0432 e. The average molecular weight is 231 g/mol. The summed E-state index contributed by atoms with van der Waals surface area (Å²) >= 11 is 11.1. The third-order valence-electron chi connectivity index (χ3n) is 1.86. The summed E-state index contributed by atoms with van der Waals surface area (Å²) in [6, 6.07) is 1.99. The molecule has 0 aliphatic carbocycles. The standard InChI is InChI=1S/C10H12Cl2N2/c1-8-5-13-3-2-9(8)6-14-7-10(12)4-11/h2-5,14H,6-7H2,1H3/b10-4-. The maximum Gasteiger partial charge on any atom is 0.0432 e. The third kappa shape index (κ3) is 3.66. The van der Waals surface area contributed by atoms with Gasteiger partial charge in [0.25, 0.3) is 0 Å². The van der Waals surface area contributed by atoms with E-state index in [9.17, 15) is 0 Å². The summed E-state index contributed by atoms with van der Waals surface area (Å²) in [5.41, 5.74) is 3.76. The Morgan fingerprint density at radius 1 is 1.64 bits per heavy atom. The summed E-state index contributed by atoms with van der Waals surface area (Å²) in [6.07, 6.45) is 3.62. The number of nitrogens with one attached hydrogen (secondary N) is 1. The highest BCUT2D eigenvalue weighted by Gasteiger charge is 1.97. The van der Waals surface area contributed by atoms with Crippen LogP contribution in [0.5, 0.6) is 0 Å². The largest absolute Gasteiger partial charge is 0.308 e. The quantitative estimate of drug-likeness (QED) is 0.861. The van der Waals surface area contributed by atoms with E-state index in [1.165, 1.54) is 16.7 Å². The molecule has 4 heteroatoms. The zero-order valence-electron chi connectivity index (χ0n) is 7.93. The summed E-state index contributed by atoms with van der Waals surface area (Å²) in [7, 11) is 0. The molecule has 2 nitrogen and oxygen atoms in total. The fraction of sp³-hybridized carbons (Fsp3) is 0.300. The van der Waals surface area contributed by atoms with Crippen LogP contribution in [0, 0.1) is 6.92 Å². The first-order chi connectivity index (χ1) is 6.74. The summed E-state index contributed by atoms with van der Waals surface area (Å²) in [5.74, 6) is 0. The Labute approximate surface area is 93.9 Å². The number of pyridine rings is 1. The van der Waals surface area contributed by atoms with Crippen LogP contribution < -0.4 is 5.32 Å². The van der Waals surface area contributed by atoms with Crippen LogP contribution in [0.2, 0.25) is 0 Å². The van der Waals surface area contributed by atoms with Crippen LogP contribution in [0.25, 0.3) is 0 Å². The minimum atomic E-state index is 0.590. The molecule has 0 radical (unpaired) electrons. The van der Waals surface area contributed by atoms with Crippen molar-refractivity contribution in [2.45, 2.75) is 13.5 Å². The molecule has 1 aromatic rings. The van der Waals surface area contributed by atoms with Crippen LogP contribution in [-0.4, -0.2) is 11.5 Å². The number of aromatic nitrogens is 1. The van der Waals surface area contributed by atoms with Gasteiger partial charge < -0.3 is 5.32 Å². The number of hydrogen-bond acceptors (Lipinski definition) is 2. The molecule has 0 atom stereocenters. The Kier molecular flexibility index (Phi) is 4.94. The molecule has 0 aromatic carbocycles. The van der Waals surface area contributed by atoms with Crippen LogP contribution in [0.3, 0.4) is 0 Å². The Morgan fingerprint density at radius 2 is 2.43 bits per heavy atom. The van der Waals surface area contributed by atoms with Gasteiger partial charge in [0.05, 0.1) is 0 Å². The van der Waals surface area contributed by atoms with Crippen molar-refractivity contribution in [3.05, 3.63) is 40.2 Å². The van der Waals surface area contributed by atoms with Crippen LogP contribution >= 0.6 is 23.2 Å².